The Morgan fingerprint density at radius 1 is 1.32 bits per heavy atom. The quantitative estimate of drug-likeness (QED) is 0.904. The smallest absolute Gasteiger partial charge is 0.309 e. The van der Waals surface area contributed by atoms with Crippen molar-refractivity contribution >= 4 is 5.97 Å². The zero-order valence-electron chi connectivity index (χ0n) is 12.2. The third-order valence-electron chi connectivity index (χ3n) is 4.60. The van der Waals surface area contributed by atoms with Crippen molar-refractivity contribution in [1.29, 1.82) is 0 Å². The standard InChI is InChI=1S/C16H22O3/c1-10-8-11(2)13(14(19-4)12(10)3)9-16(15(17)18)6-5-7-16/h8H,5-7,9H2,1-4H3,(H,17,18). The van der Waals surface area contributed by atoms with E-state index in [1.165, 1.54) is 5.56 Å². The van der Waals surface area contributed by atoms with Crippen LogP contribution in [0, 0.1) is 26.2 Å². The number of carbonyl (C=O) groups is 1. The van der Waals surface area contributed by atoms with E-state index in [9.17, 15) is 9.90 Å². The van der Waals surface area contributed by atoms with E-state index in [0.717, 1.165) is 41.7 Å². The maximum Gasteiger partial charge on any atom is 0.309 e. The van der Waals surface area contributed by atoms with Gasteiger partial charge >= 0.3 is 5.97 Å². The van der Waals surface area contributed by atoms with Crippen LogP contribution in [0.15, 0.2) is 6.07 Å². The molecular weight excluding hydrogens is 240 g/mol. The Labute approximate surface area is 114 Å². The van der Waals surface area contributed by atoms with Gasteiger partial charge in [-0.15, -0.1) is 0 Å². The minimum absolute atomic E-state index is 0.570. The minimum atomic E-state index is -0.668. The molecule has 1 aliphatic rings. The summed E-state index contributed by atoms with van der Waals surface area (Å²) in [5.74, 6) is 0.198. The second-order valence-electron chi connectivity index (χ2n) is 5.76. The van der Waals surface area contributed by atoms with Gasteiger partial charge in [0, 0.05) is 0 Å². The maximum atomic E-state index is 11.5. The largest absolute Gasteiger partial charge is 0.496 e. The third kappa shape index (κ3) is 2.22. The molecule has 1 fully saturated rings. The van der Waals surface area contributed by atoms with Gasteiger partial charge in [0.2, 0.25) is 0 Å². The lowest BCUT2D eigenvalue weighted by atomic mass is 9.65. The van der Waals surface area contributed by atoms with Crippen LogP contribution in [0.5, 0.6) is 5.75 Å². The molecule has 1 aromatic rings. The van der Waals surface area contributed by atoms with Crippen molar-refractivity contribution in [3.8, 4) is 5.75 Å². The highest BCUT2D eigenvalue weighted by atomic mass is 16.5. The summed E-state index contributed by atoms with van der Waals surface area (Å²) >= 11 is 0. The highest BCUT2D eigenvalue weighted by molar-refractivity contribution is 5.76. The van der Waals surface area contributed by atoms with Crippen LogP contribution in [0.25, 0.3) is 0 Å². The summed E-state index contributed by atoms with van der Waals surface area (Å²) in [6, 6.07) is 2.13. The van der Waals surface area contributed by atoms with Gasteiger partial charge in [-0.05, 0) is 62.3 Å². The number of rotatable bonds is 4. The molecule has 0 aliphatic heterocycles. The molecule has 0 radical (unpaired) electrons. The molecule has 0 spiro atoms. The van der Waals surface area contributed by atoms with E-state index in [1.807, 2.05) is 13.8 Å². The first-order valence-corrected chi connectivity index (χ1v) is 6.78. The number of aryl methyl sites for hydroxylation is 2. The summed E-state index contributed by atoms with van der Waals surface area (Å²) in [4.78, 5) is 11.5. The summed E-state index contributed by atoms with van der Waals surface area (Å²) in [7, 11) is 1.67. The predicted molar refractivity (Wildman–Crippen MR) is 74.8 cm³/mol. The van der Waals surface area contributed by atoms with Crippen molar-refractivity contribution < 1.29 is 14.6 Å². The first-order chi connectivity index (χ1) is 8.91. The van der Waals surface area contributed by atoms with Crippen LogP contribution in [0.2, 0.25) is 0 Å². The van der Waals surface area contributed by atoms with Crippen molar-refractivity contribution in [3.05, 3.63) is 28.3 Å². The zero-order chi connectivity index (χ0) is 14.2. The van der Waals surface area contributed by atoms with Crippen LogP contribution in [0.1, 0.15) is 41.5 Å². The first kappa shape index (κ1) is 13.9. The molecule has 0 atom stereocenters. The fraction of sp³-hybridized carbons (Fsp3) is 0.562. The molecule has 2 rings (SSSR count). The van der Waals surface area contributed by atoms with E-state index in [-0.39, 0.29) is 0 Å². The van der Waals surface area contributed by atoms with Crippen LogP contribution in [-0.4, -0.2) is 18.2 Å². The van der Waals surface area contributed by atoms with Crippen molar-refractivity contribution in [3.63, 3.8) is 0 Å². The molecule has 3 heteroatoms. The molecule has 0 saturated heterocycles. The number of hydrogen-bond acceptors (Lipinski definition) is 2. The highest BCUT2D eigenvalue weighted by Crippen LogP contribution is 2.46. The molecule has 1 N–H and O–H groups in total. The van der Waals surface area contributed by atoms with Crippen LogP contribution in [0.4, 0.5) is 0 Å². The molecule has 0 unspecified atom stereocenters. The number of methoxy groups -OCH3 is 1. The topological polar surface area (TPSA) is 46.5 Å². The normalized spacial score (nSPS) is 16.8. The van der Waals surface area contributed by atoms with E-state index >= 15 is 0 Å². The average Bonchev–Trinajstić information content (AvgIpc) is 2.29. The van der Waals surface area contributed by atoms with E-state index in [1.54, 1.807) is 7.11 Å². The van der Waals surface area contributed by atoms with Gasteiger partial charge in [-0.1, -0.05) is 12.5 Å². The Balaban J connectivity index is 2.45. The number of hydrogen-bond donors (Lipinski definition) is 1. The molecule has 104 valence electrons. The number of aliphatic carboxylic acids is 1. The van der Waals surface area contributed by atoms with Gasteiger partial charge in [0.25, 0.3) is 0 Å². The first-order valence-electron chi connectivity index (χ1n) is 6.78. The molecule has 0 bridgehead atoms. The molecular formula is C16H22O3. The number of ether oxygens (including phenoxy) is 1. The highest BCUT2D eigenvalue weighted by Gasteiger charge is 2.45. The maximum absolute atomic E-state index is 11.5. The van der Waals surface area contributed by atoms with Gasteiger partial charge in [0.1, 0.15) is 5.75 Å². The molecule has 3 nitrogen and oxygen atoms in total. The number of carboxylic acids is 1. The average molecular weight is 262 g/mol. The monoisotopic (exact) mass is 262 g/mol. The van der Waals surface area contributed by atoms with Crippen molar-refractivity contribution in [1.82, 2.24) is 0 Å². The summed E-state index contributed by atoms with van der Waals surface area (Å²) in [5, 5.41) is 9.48. The van der Waals surface area contributed by atoms with E-state index in [2.05, 4.69) is 13.0 Å². The van der Waals surface area contributed by atoms with Crippen LogP contribution >= 0.6 is 0 Å². The van der Waals surface area contributed by atoms with E-state index in [4.69, 9.17) is 4.74 Å². The van der Waals surface area contributed by atoms with E-state index < -0.39 is 11.4 Å². The Morgan fingerprint density at radius 3 is 2.37 bits per heavy atom. The Hall–Kier alpha value is -1.51. The van der Waals surface area contributed by atoms with Gasteiger partial charge < -0.3 is 9.84 Å². The predicted octanol–water partition coefficient (Wildman–Crippen LogP) is 3.42. The SMILES string of the molecule is COc1c(C)c(C)cc(C)c1CC1(C(=O)O)CCC1. The summed E-state index contributed by atoms with van der Waals surface area (Å²) < 4.78 is 5.54. The van der Waals surface area contributed by atoms with Crippen LogP contribution < -0.4 is 4.74 Å². The van der Waals surface area contributed by atoms with E-state index in [0.29, 0.717) is 6.42 Å². The minimum Gasteiger partial charge on any atom is -0.496 e. The van der Waals surface area contributed by atoms with Crippen molar-refractivity contribution in [2.75, 3.05) is 7.11 Å². The summed E-state index contributed by atoms with van der Waals surface area (Å²) in [6.45, 7) is 6.13. The van der Waals surface area contributed by atoms with Crippen LogP contribution in [-0.2, 0) is 11.2 Å². The number of carboxylic acid groups (broad SMARTS) is 1. The van der Waals surface area contributed by atoms with Gasteiger partial charge in [-0.3, -0.25) is 4.79 Å². The second-order valence-corrected chi connectivity index (χ2v) is 5.76. The molecule has 0 amide bonds. The lowest BCUT2D eigenvalue weighted by Crippen LogP contribution is -2.40. The Bertz CT molecular complexity index is 513. The Morgan fingerprint density at radius 2 is 1.95 bits per heavy atom. The third-order valence-corrected chi connectivity index (χ3v) is 4.60. The number of benzene rings is 1. The van der Waals surface area contributed by atoms with Gasteiger partial charge in [0.15, 0.2) is 0 Å². The lowest BCUT2D eigenvalue weighted by Gasteiger charge is -2.38. The van der Waals surface area contributed by atoms with Gasteiger partial charge in [0.05, 0.1) is 12.5 Å². The molecule has 1 aliphatic carbocycles. The van der Waals surface area contributed by atoms with Crippen molar-refractivity contribution in [2.24, 2.45) is 5.41 Å². The van der Waals surface area contributed by atoms with Gasteiger partial charge in [-0.25, -0.2) is 0 Å². The molecule has 0 heterocycles. The fourth-order valence-corrected chi connectivity index (χ4v) is 3.01. The van der Waals surface area contributed by atoms with Crippen LogP contribution in [0.3, 0.4) is 0 Å². The molecule has 1 aromatic carbocycles. The molecule has 0 aromatic heterocycles. The summed E-state index contributed by atoms with van der Waals surface area (Å²) in [6.07, 6.45) is 3.15. The molecule has 19 heavy (non-hydrogen) atoms. The molecule has 1 saturated carbocycles. The lowest BCUT2D eigenvalue weighted by molar-refractivity contribution is -0.154. The Kier molecular flexibility index (Phi) is 3.57. The van der Waals surface area contributed by atoms with Gasteiger partial charge in [-0.2, -0.15) is 0 Å². The fourth-order valence-electron chi connectivity index (χ4n) is 3.01. The zero-order valence-corrected chi connectivity index (χ0v) is 12.2. The summed E-state index contributed by atoms with van der Waals surface area (Å²) in [5.41, 5.74) is 3.93. The van der Waals surface area contributed by atoms with Crippen molar-refractivity contribution in [2.45, 2.75) is 46.5 Å². The second kappa shape index (κ2) is 4.87.